The fraction of sp³-hybridized carbons (Fsp3) is 0.647. The van der Waals surface area contributed by atoms with Gasteiger partial charge in [0.2, 0.25) is 0 Å². The second kappa shape index (κ2) is 6.84. The summed E-state index contributed by atoms with van der Waals surface area (Å²) in [5.41, 5.74) is -0.0351. The number of nitrogens with one attached hydrogen (secondary N) is 1. The van der Waals surface area contributed by atoms with Crippen LogP contribution in [0, 0.1) is 11.6 Å². The molecule has 1 aromatic rings. The van der Waals surface area contributed by atoms with Crippen LogP contribution >= 0.6 is 0 Å². The molecule has 1 atom stereocenters. The Morgan fingerprint density at radius 2 is 1.71 bits per heavy atom. The molecular formula is C17H26F2N2. The molecule has 0 spiro atoms. The molecule has 2 rings (SSSR count). The number of likely N-dealkylation sites (N-methyl/N-ethyl adjacent to an activating group) is 2. The van der Waals surface area contributed by atoms with Crippen LogP contribution in [0.2, 0.25) is 0 Å². The van der Waals surface area contributed by atoms with Gasteiger partial charge in [0.05, 0.1) is 6.04 Å². The summed E-state index contributed by atoms with van der Waals surface area (Å²) in [4.78, 5) is 2.16. The lowest BCUT2D eigenvalue weighted by Gasteiger charge is -2.49. The van der Waals surface area contributed by atoms with Crippen LogP contribution in [0.25, 0.3) is 0 Å². The zero-order chi connectivity index (χ0) is 15.5. The summed E-state index contributed by atoms with van der Waals surface area (Å²) >= 11 is 0. The first-order valence-corrected chi connectivity index (χ1v) is 7.87. The Bertz CT molecular complexity index is 448. The van der Waals surface area contributed by atoms with Crippen molar-refractivity contribution in [2.75, 3.05) is 20.6 Å². The van der Waals surface area contributed by atoms with E-state index in [0.717, 1.165) is 25.7 Å². The Labute approximate surface area is 126 Å². The molecule has 21 heavy (non-hydrogen) atoms. The summed E-state index contributed by atoms with van der Waals surface area (Å²) in [5, 5.41) is 3.35. The quantitative estimate of drug-likeness (QED) is 0.887. The minimum atomic E-state index is -0.451. The molecule has 2 nitrogen and oxygen atoms in total. The third-order valence-corrected chi connectivity index (χ3v) is 4.84. The lowest BCUT2D eigenvalue weighted by Crippen LogP contribution is -2.55. The van der Waals surface area contributed by atoms with Crippen LogP contribution in [-0.2, 0) is 0 Å². The van der Waals surface area contributed by atoms with Crippen LogP contribution < -0.4 is 5.32 Å². The Balaban J connectivity index is 2.50. The van der Waals surface area contributed by atoms with Gasteiger partial charge >= 0.3 is 0 Å². The van der Waals surface area contributed by atoms with E-state index in [4.69, 9.17) is 0 Å². The number of nitrogens with zero attached hydrogens (tertiary/aromatic N) is 1. The van der Waals surface area contributed by atoms with E-state index < -0.39 is 11.6 Å². The molecule has 1 saturated carbocycles. The summed E-state index contributed by atoms with van der Waals surface area (Å²) < 4.78 is 28.6. The molecule has 0 saturated heterocycles. The molecular weight excluding hydrogens is 270 g/mol. The highest BCUT2D eigenvalue weighted by Crippen LogP contribution is 2.43. The lowest BCUT2D eigenvalue weighted by molar-refractivity contribution is 0.0542. The van der Waals surface area contributed by atoms with Gasteiger partial charge in [-0.05, 0) is 45.6 Å². The highest BCUT2D eigenvalue weighted by atomic mass is 19.1. The Morgan fingerprint density at radius 3 is 2.19 bits per heavy atom. The van der Waals surface area contributed by atoms with Gasteiger partial charge in [0.1, 0.15) is 11.6 Å². The van der Waals surface area contributed by atoms with Crippen LogP contribution in [0.15, 0.2) is 18.2 Å². The summed E-state index contributed by atoms with van der Waals surface area (Å²) in [6.07, 6.45) is 5.34. The molecule has 0 heterocycles. The second-order valence-corrected chi connectivity index (χ2v) is 6.18. The fourth-order valence-corrected chi connectivity index (χ4v) is 3.71. The first kappa shape index (κ1) is 16.4. The monoisotopic (exact) mass is 296 g/mol. The lowest BCUT2D eigenvalue weighted by atomic mass is 9.72. The minimum Gasteiger partial charge on any atom is -0.308 e. The highest BCUT2D eigenvalue weighted by Gasteiger charge is 2.44. The van der Waals surface area contributed by atoms with Gasteiger partial charge in [-0.15, -0.1) is 0 Å². The molecule has 118 valence electrons. The number of hydrogen-bond donors (Lipinski definition) is 1. The van der Waals surface area contributed by atoms with Gasteiger partial charge in [0.15, 0.2) is 0 Å². The van der Waals surface area contributed by atoms with Gasteiger partial charge in [-0.1, -0.05) is 32.3 Å². The summed E-state index contributed by atoms with van der Waals surface area (Å²) in [6, 6.07) is 3.82. The van der Waals surface area contributed by atoms with Crippen LogP contribution in [0.4, 0.5) is 8.78 Å². The Kier molecular flexibility index (Phi) is 5.33. The topological polar surface area (TPSA) is 15.3 Å². The summed E-state index contributed by atoms with van der Waals surface area (Å²) in [7, 11) is 4.04. The van der Waals surface area contributed by atoms with Gasteiger partial charge in [-0.25, -0.2) is 8.78 Å². The van der Waals surface area contributed by atoms with E-state index in [1.165, 1.54) is 24.6 Å². The van der Waals surface area contributed by atoms with E-state index in [0.29, 0.717) is 6.54 Å². The van der Waals surface area contributed by atoms with Crippen molar-refractivity contribution in [2.45, 2.75) is 50.6 Å². The standard InChI is InChI=1S/C17H26F2N2/c1-4-20-16(15-13(18)9-8-10-14(15)19)17(21(2)3)11-6-5-7-12-17/h8-10,16,20H,4-7,11-12H2,1-3H3. The van der Waals surface area contributed by atoms with Crippen LogP contribution in [0.3, 0.4) is 0 Å². The normalized spacial score (nSPS) is 19.7. The van der Waals surface area contributed by atoms with E-state index in [2.05, 4.69) is 10.2 Å². The van der Waals surface area contributed by atoms with Crippen molar-refractivity contribution >= 4 is 0 Å². The highest BCUT2D eigenvalue weighted by molar-refractivity contribution is 5.27. The van der Waals surface area contributed by atoms with Crippen LogP contribution in [0.5, 0.6) is 0 Å². The molecule has 0 aromatic heterocycles. The summed E-state index contributed by atoms with van der Waals surface area (Å²) in [5.74, 6) is -0.902. The molecule has 0 bridgehead atoms. The predicted octanol–water partition coefficient (Wildman–Crippen LogP) is 3.88. The first-order chi connectivity index (χ1) is 10.0. The molecule has 4 heteroatoms. The molecule has 1 unspecified atom stereocenters. The van der Waals surface area contributed by atoms with E-state index in [9.17, 15) is 8.78 Å². The van der Waals surface area contributed by atoms with Gasteiger partial charge in [0.25, 0.3) is 0 Å². The van der Waals surface area contributed by atoms with E-state index in [1.54, 1.807) is 0 Å². The van der Waals surface area contributed by atoms with Crippen molar-refractivity contribution in [3.63, 3.8) is 0 Å². The predicted molar refractivity (Wildman–Crippen MR) is 82.3 cm³/mol. The van der Waals surface area contributed by atoms with E-state index in [-0.39, 0.29) is 17.1 Å². The summed E-state index contributed by atoms with van der Waals surface area (Å²) in [6.45, 7) is 2.67. The largest absolute Gasteiger partial charge is 0.308 e. The Morgan fingerprint density at radius 1 is 1.14 bits per heavy atom. The smallest absolute Gasteiger partial charge is 0.130 e. The number of hydrogen-bond acceptors (Lipinski definition) is 2. The molecule has 0 aliphatic heterocycles. The van der Waals surface area contributed by atoms with E-state index in [1.807, 2.05) is 21.0 Å². The Hall–Kier alpha value is -1.00. The van der Waals surface area contributed by atoms with Crippen molar-refractivity contribution in [3.05, 3.63) is 35.4 Å². The average molecular weight is 296 g/mol. The van der Waals surface area contributed by atoms with Gasteiger partial charge in [-0.2, -0.15) is 0 Å². The molecule has 1 aromatic carbocycles. The maximum absolute atomic E-state index is 14.3. The first-order valence-electron chi connectivity index (χ1n) is 7.87. The van der Waals surface area contributed by atoms with Gasteiger partial charge in [-0.3, -0.25) is 0 Å². The molecule has 1 aliphatic carbocycles. The zero-order valence-electron chi connectivity index (χ0n) is 13.3. The molecule has 0 amide bonds. The third-order valence-electron chi connectivity index (χ3n) is 4.84. The van der Waals surface area contributed by atoms with Crippen molar-refractivity contribution in [2.24, 2.45) is 0 Å². The number of rotatable bonds is 5. The van der Waals surface area contributed by atoms with E-state index >= 15 is 0 Å². The van der Waals surface area contributed by atoms with Crippen LogP contribution in [-0.4, -0.2) is 31.1 Å². The zero-order valence-corrected chi connectivity index (χ0v) is 13.3. The average Bonchev–Trinajstić information content (AvgIpc) is 2.46. The molecule has 1 fully saturated rings. The van der Waals surface area contributed by atoms with Gasteiger partial charge < -0.3 is 10.2 Å². The minimum absolute atomic E-state index is 0.190. The number of halogens is 2. The van der Waals surface area contributed by atoms with Gasteiger partial charge in [0, 0.05) is 11.1 Å². The SMILES string of the molecule is CCNC(c1c(F)cccc1F)C1(N(C)C)CCCCC1. The second-order valence-electron chi connectivity index (χ2n) is 6.18. The molecule has 0 radical (unpaired) electrons. The van der Waals surface area contributed by atoms with Crippen molar-refractivity contribution < 1.29 is 8.78 Å². The van der Waals surface area contributed by atoms with Crippen LogP contribution in [0.1, 0.15) is 50.6 Å². The number of benzene rings is 1. The van der Waals surface area contributed by atoms with Crippen molar-refractivity contribution in [3.8, 4) is 0 Å². The third kappa shape index (κ3) is 3.11. The molecule has 1 N–H and O–H groups in total. The fourth-order valence-electron chi connectivity index (χ4n) is 3.71. The maximum atomic E-state index is 14.3. The van der Waals surface area contributed by atoms with Crippen molar-refractivity contribution in [1.29, 1.82) is 0 Å². The maximum Gasteiger partial charge on any atom is 0.130 e. The van der Waals surface area contributed by atoms with Crippen molar-refractivity contribution in [1.82, 2.24) is 10.2 Å². The molecule has 1 aliphatic rings.